The van der Waals surface area contributed by atoms with Crippen LogP contribution in [0.15, 0.2) is 114 Å². The Bertz CT molecular complexity index is 2560. The van der Waals surface area contributed by atoms with Gasteiger partial charge in [0.15, 0.2) is 5.78 Å². The zero-order chi connectivity index (χ0) is 46.3. The number of piperidine rings is 2. The highest BCUT2D eigenvalue weighted by Gasteiger charge is 2.39. The third kappa shape index (κ3) is 11.0. The number of carbonyl (C=O) groups excluding carboxylic acids is 1. The highest BCUT2D eigenvalue weighted by atomic mass is 32.2. The maximum absolute atomic E-state index is 13.8. The van der Waals surface area contributed by atoms with Gasteiger partial charge < -0.3 is 20.0 Å². The van der Waals surface area contributed by atoms with Gasteiger partial charge in [-0.05, 0) is 125 Å². The van der Waals surface area contributed by atoms with Gasteiger partial charge in [0.25, 0.3) is 5.89 Å². The van der Waals surface area contributed by atoms with Crippen LogP contribution in [0.5, 0.6) is 0 Å². The van der Waals surface area contributed by atoms with E-state index in [1.54, 1.807) is 48.5 Å². The summed E-state index contributed by atoms with van der Waals surface area (Å²) in [7, 11) is -7.12. The molecule has 9 rings (SSSR count). The van der Waals surface area contributed by atoms with E-state index in [9.17, 15) is 30.4 Å². The van der Waals surface area contributed by atoms with E-state index in [0.717, 1.165) is 37.3 Å². The summed E-state index contributed by atoms with van der Waals surface area (Å²) >= 11 is 0. The molecule has 4 aliphatic rings. The van der Waals surface area contributed by atoms with Gasteiger partial charge in [0.05, 0.1) is 41.5 Å². The van der Waals surface area contributed by atoms with E-state index in [2.05, 4.69) is 20.0 Å². The number of para-hydroxylation sites is 2. The third-order valence-electron chi connectivity index (χ3n) is 13.6. The van der Waals surface area contributed by atoms with Crippen LogP contribution in [0.3, 0.4) is 0 Å². The number of nitrogens with zero attached hydrogens (tertiary/aromatic N) is 6. The van der Waals surface area contributed by atoms with Crippen molar-refractivity contribution in [3.8, 4) is 11.5 Å². The number of alkyl halides is 2. The minimum atomic E-state index is -3.60. The summed E-state index contributed by atoms with van der Waals surface area (Å²) in [6.07, 6.45) is 7.26. The van der Waals surface area contributed by atoms with Crippen molar-refractivity contribution in [3.05, 3.63) is 132 Å². The van der Waals surface area contributed by atoms with Crippen LogP contribution < -0.4 is 14.3 Å². The van der Waals surface area contributed by atoms with Crippen LogP contribution in [0.4, 0.5) is 20.2 Å². The molecule has 0 bridgehead atoms. The summed E-state index contributed by atoms with van der Waals surface area (Å²) in [6.45, 7) is 3.71. The van der Waals surface area contributed by atoms with E-state index in [-0.39, 0.29) is 36.6 Å². The lowest BCUT2D eigenvalue weighted by atomic mass is 9.90. The van der Waals surface area contributed by atoms with Crippen molar-refractivity contribution >= 4 is 37.2 Å². The number of rotatable bonds is 16. The van der Waals surface area contributed by atoms with E-state index in [1.807, 2.05) is 60.7 Å². The summed E-state index contributed by atoms with van der Waals surface area (Å²) in [5.74, 6) is -0.858. The molecule has 17 heteroatoms. The summed E-state index contributed by atoms with van der Waals surface area (Å²) in [5.41, 5.74) is 9.38. The molecular formula is C49H59F2N7O6S2. The number of hydrogen-bond acceptors (Lipinski definition) is 11. The van der Waals surface area contributed by atoms with Crippen LogP contribution in [-0.4, -0.2) is 97.9 Å². The van der Waals surface area contributed by atoms with Gasteiger partial charge in [0.2, 0.25) is 25.9 Å². The largest absolute Gasteiger partial charge is 0.415 e. The molecule has 5 aromatic rings. The number of likely N-dealkylation sites (tertiary alicyclic amines) is 2. The summed E-state index contributed by atoms with van der Waals surface area (Å²) in [5, 5.41) is 6.22. The molecule has 4 fully saturated rings. The van der Waals surface area contributed by atoms with Gasteiger partial charge in [0, 0.05) is 23.2 Å². The second-order valence-electron chi connectivity index (χ2n) is 17.7. The molecule has 2 aliphatic heterocycles. The fraction of sp³-hybridized carbons (Fsp3) is 0.449. The third-order valence-corrected chi connectivity index (χ3v) is 18.2. The minimum Gasteiger partial charge on any atom is -0.415 e. The number of ketones is 1. The maximum atomic E-state index is 13.8. The number of halogens is 2. The second-order valence-corrected chi connectivity index (χ2v) is 22.0. The predicted octanol–water partition coefficient (Wildman–Crippen LogP) is 8.21. The second kappa shape index (κ2) is 21.3. The van der Waals surface area contributed by atoms with Crippen molar-refractivity contribution in [3.63, 3.8) is 0 Å². The topological polar surface area (TPSA) is 163 Å². The standard InChI is InChI=1S/C25H28F2N4O3S.C24H31N3O3S/c26-23(27)25-29-28-24(34-25)19-11-9-18(10-12-19)17-31(21-5-2-1-3-6-21)35(32,33)22-13-15-30(16-14-22)20-7-4-8-20;25-17-24(28)20-11-9-19(10-12-20)18-27(22-5-2-1-3-6-22)31(29,30)23-13-15-26(16-14-23)21-7-4-8-21/h1-3,5-6,9-12,20,22-23H,4,7-8,13-17H2;1-3,5-6,9-12,21,23H,4,7-8,13-18,25H2. The first kappa shape index (κ1) is 47.4. The Morgan fingerprint density at radius 3 is 1.41 bits per heavy atom. The Balaban J connectivity index is 0.000000181. The van der Waals surface area contributed by atoms with Crippen molar-refractivity contribution in [2.45, 2.75) is 106 Å². The Morgan fingerprint density at radius 2 is 1.05 bits per heavy atom. The van der Waals surface area contributed by atoms with Crippen molar-refractivity contribution in [2.24, 2.45) is 5.73 Å². The number of carbonyl (C=O) groups is 1. The smallest absolute Gasteiger partial charge is 0.314 e. The quantitative estimate of drug-likeness (QED) is 0.0949. The summed E-state index contributed by atoms with van der Waals surface area (Å²) < 4.78 is 88.6. The van der Waals surface area contributed by atoms with E-state index in [0.29, 0.717) is 60.3 Å². The maximum Gasteiger partial charge on any atom is 0.314 e. The van der Waals surface area contributed by atoms with Crippen LogP contribution in [0.1, 0.15) is 98.0 Å². The molecule has 13 nitrogen and oxygen atoms in total. The average Bonchev–Trinajstić information content (AvgIpc) is 3.81. The lowest BCUT2D eigenvalue weighted by Crippen LogP contribution is -2.49. The highest BCUT2D eigenvalue weighted by Crippen LogP contribution is 2.34. The Kier molecular flexibility index (Phi) is 15.3. The number of sulfonamides is 2. The van der Waals surface area contributed by atoms with E-state index < -0.39 is 37.6 Å². The molecule has 2 saturated heterocycles. The molecule has 0 amide bonds. The fourth-order valence-electron chi connectivity index (χ4n) is 9.22. The number of aromatic nitrogens is 2. The molecular weight excluding hydrogens is 885 g/mol. The van der Waals surface area contributed by atoms with Gasteiger partial charge in [-0.2, -0.15) is 8.78 Å². The Hall–Kier alpha value is -5.07. The molecule has 2 N–H and O–H groups in total. The van der Waals surface area contributed by atoms with Crippen molar-refractivity contribution in [2.75, 3.05) is 41.3 Å². The molecule has 0 radical (unpaired) electrons. The molecule has 66 heavy (non-hydrogen) atoms. The summed E-state index contributed by atoms with van der Waals surface area (Å²) in [6, 6.07) is 33.6. The molecule has 2 saturated carbocycles. The van der Waals surface area contributed by atoms with Gasteiger partial charge in [0.1, 0.15) is 0 Å². The number of hydrogen-bond donors (Lipinski definition) is 1. The van der Waals surface area contributed by atoms with Gasteiger partial charge in [-0.15, -0.1) is 10.2 Å². The van der Waals surface area contributed by atoms with E-state index in [4.69, 9.17) is 10.2 Å². The first-order chi connectivity index (χ1) is 31.9. The number of anilines is 2. The first-order valence-electron chi connectivity index (χ1n) is 23.0. The predicted molar refractivity (Wildman–Crippen MR) is 252 cm³/mol. The molecule has 352 valence electrons. The van der Waals surface area contributed by atoms with Crippen molar-refractivity contribution < 1.29 is 34.8 Å². The van der Waals surface area contributed by atoms with E-state index >= 15 is 0 Å². The monoisotopic (exact) mass is 943 g/mol. The van der Waals surface area contributed by atoms with Gasteiger partial charge in [-0.1, -0.05) is 85.6 Å². The van der Waals surface area contributed by atoms with Crippen LogP contribution in [0, 0.1) is 0 Å². The zero-order valence-corrected chi connectivity index (χ0v) is 38.7. The zero-order valence-electron chi connectivity index (χ0n) is 37.1. The molecule has 0 spiro atoms. The first-order valence-corrected chi connectivity index (χ1v) is 26.1. The number of nitrogens with two attached hydrogens (primary N) is 1. The normalized spacial score (nSPS) is 18.2. The minimum absolute atomic E-state index is 0.00221. The molecule has 4 aromatic carbocycles. The molecule has 3 heterocycles. The molecule has 0 unspecified atom stereocenters. The Morgan fingerprint density at radius 1 is 0.621 bits per heavy atom. The SMILES string of the molecule is NCC(=O)c1ccc(CN(c2ccccc2)S(=O)(=O)C2CCN(C3CCC3)CC2)cc1.O=S(=O)(C1CCN(C2CCC2)CC1)N(Cc1ccc(-c2nnc(C(F)F)o2)cc1)c1ccccc1. The average molecular weight is 944 g/mol. The molecule has 1 aromatic heterocycles. The lowest BCUT2D eigenvalue weighted by molar-refractivity contribution is 0.100. The van der Waals surface area contributed by atoms with Crippen LogP contribution in [0.25, 0.3) is 11.5 Å². The van der Waals surface area contributed by atoms with Crippen molar-refractivity contribution in [1.82, 2.24) is 20.0 Å². The number of benzene rings is 4. The van der Waals surface area contributed by atoms with Crippen molar-refractivity contribution in [1.29, 1.82) is 0 Å². The molecule has 0 atom stereocenters. The van der Waals surface area contributed by atoms with Crippen LogP contribution >= 0.6 is 0 Å². The summed E-state index contributed by atoms with van der Waals surface area (Å²) in [4.78, 5) is 16.7. The molecule has 2 aliphatic carbocycles. The highest BCUT2D eigenvalue weighted by molar-refractivity contribution is 7.93. The van der Waals surface area contributed by atoms with Gasteiger partial charge in [-0.25, -0.2) is 16.8 Å². The Labute approximate surface area is 387 Å². The number of Topliss-reactive ketones (excluding diaryl/α,β-unsaturated/α-hetero) is 1. The lowest BCUT2D eigenvalue weighted by Gasteiger charge is -2.42. The fourth-order valence-corrected chi connectivity index (χ4v) is 13.0. The van der Waals surface area contributed by atoms with E-state index in [1.165, 1.54) is 47.1 Å². The van der Waals surface area contributed by atoms with Gasteiger partial charge in [-0.3, -0.25) is 13.4 Å². The van der Waals surface area contributed by atoms with Crippen LogP contribution in [0.2, 0.25) is 0 Å². The van der Waals surface area contributed by atoms with Gasteiger partial charge >= 0.3 is 6.43 Å². The van der Waals surface area contributed by atoms with Crippen LogP contribution in [-0.2, 0) is 33.1 Å².